The Bertz CT molecular complexity index is 224. The molecule has 0 fully saturated rings. The van der Waals surface area contributed by atoms with Crippen molar-refractivity contribution in [1.82, 2.24) is 0 Å². The summed E-state index contributed by atoms with van der Waals surface area (Å²) < 4.78 is 21.3. The van der Waals surface area contributed by atoms with E-state index in [9.17, 15) is 4.39 Å². The Morgan fingerprint density at radius 1 is 1.00 bits per heavy atom. The number of ether oxygens (including phenoxy) is 2. The highest BCUT2D eigenvalue weighted by Crippen LogP contribution is 2.36. The quantitative estimate of drug-likeness (QED) is 0.546. The third-order valence-corrected chi connectivity index (χ3v) is 1.23. The number of halogens is 1. The Hall–Kier alpha value is -1.25. The molecule has 1 aromatic rings. The van der Waals surface area contributed by atoms with Gasteiger partial charge in [0.25, 0.3) is 0 Å². The van der Waals surface area contributed by atoms with Gasteiger partial charge in [-0.2, -0.15) is 0 Å². The minimum atomic E-state index is -0.902. The molecule has 1 radical (unpaired) electrons. The lowest BCUT2D eigenvalue weighted by molar-refractivity contribution is 0.0598. The molecule has 3 heteroatoms. The first-order chi connectivity index (χ1) is 4.86. The Labute approximate surface area is 57.2 Å². The summed E-state index contributed by atoms with van der Waals surface area (Å²) in [7, 11) is 0. The molecule has 0 spiro atoms. The van der Waals surface area contributed by atoms with Crippen molar-refractivity contribution in [2.45, 2.75) is 0 Å². The third-order valence-electron chi connectivity index (χ3n) is 1.23. The molecule has 0 atom stereocenters. The van der Waals surface area contributed by atoms with Gasteiger partial charge in [-0.3, -0.25) is 0 Å². The van der Waals surface area contributed by atoms with Crippen LogP contribution in [0.5, 0.6) is 11.5 Å². The molecule has 0 saturated heterocycles. The second-order valence-electron chi connectivity index (χ2n) is 1.89. The van der Waals surface area contributed by atoms with Crippen LogP contribution in [0.3, 0.4) is 0 Å². The van der Waals surface area contributed by atoms with E-state index in [0.717, 1.165) is 0 Å². The van der Waals surface area contributed by atoms with Crippen LogP contribution in [0.15, 0.2) is 24.3 Å². The minimum Gasteiger partial charge on any atom is -0.414 e. The van der Waals surface area contributed by atoms with Gasteiger partial charge < -0.3 is 9.47 Å². The molecule has 0 aromatic heterocycles. The van der Waals surface area contributed by atoms with Crippen LogP contribution in [0.4, 0.5) is 4.39 Å². The number of benzene rings is 1. The molecule has 0 N–H and O–H groups in total. The Morgan fingerprint density at radius 2 is 1.50 bits per heavy atom. The predicted octanol–water partition coefficient (Wildman–Crippen LogP) is 1.87. The second kappa shape index (κ2) is 1.87. The van der Waals surface area contributed by atoms with Crippen LogP contribution in [0.25, 0.3) is 0 Å². The van der Waals surface area contributed by atoms with Crippen molar-refractivity contribution < 1.29 is 13.9 Å². The van der Waals surface area contributed by atoms with E-state index in [2.05, 4.69) is 9.47 Å². The largest absolute Gasteiger partial charge is 0.527 e. The molecule has 1 heterocycles. The van der Waals surface area contributed by atoms with Crippen molar-refractivity contribution in [3.8, 4) is 11.5 Å². The zero-order chi connectivity index (χ0) is 6.97. The Kier molecular flexibility index (Phi) is 1.03. The van der Waals surface area contributed by atoms with Crippen molar-refractivity contribution in [2.24, 2.45) is 0 Å². The van der Waals surface area contributed by atoms with Gasteiger partial charge in [0.2, 0.25) is 0 Å². The standard InChI is InChI=1S/C7H4FO2/c8-7-9-5-3-1-2-4-6(5)10-7/h1-4H. The van der Waals surface area contributed by atoms with E-state index < -0.39 is 6.54 Å². The van der Waals surface area contributed by atoms with Crippen LogP contribution >= 0.6 is 0 Å². The fourth-order valence-corrected chi connectivity index (χ4v) is 0.813. The third kappa shape index (κ3) is 0.708. The van der Waals surface area contributed by atoms with Gasteiger partial charge in [0.05, 0.1) is 0 Å². The summed E-state index contributed by atoms with van der Waals surface area (Å²) in [5.41, 5.74) is 0. The predicted molar refractivity (Wildman–Crippen MR) is 32.0 cm³/mol. The SMILES string of the molecule is F[C]1Oc2ccccc2O1. The van der Waals surface area contributed by atoms with Gasteiger partial charge in [-0.05, 0) is 12.1 Å². The van der Waals surface area contributed by atoms with Crippen LogP contribution in [-0.4, -0.2) is 0 Å². The zero-order valence-corrected chi connectivity index (χ0v) is 5.00. The first-order valence-corrected chi connectivity index (χ1v) is 2.83. The zero-order valence-electron chi connectivity index (χ0n) is 5.00. The second-order valence-corrected chi connectivity index (χ2v) is 1.89. The summed E-state index contributed by atoms with van der Waals surface area (Å²) in [6.45, 7) is -0.902. The molecular weight excluding hydrogens is 135 g/mol. The molecule has 0 saturated carbocycles. The summed E-state index contributed by atoms with van der Waals surface area (Å²) in [5.74, 6) is 0.861. The molecular formula is C7H4FO2. The number of para-hydroxylation sites is 2. The molecule has 0 amide bonds. The molecule has 1 aliphatic rings. The van der Waals surface area contributed by atoms with Gasteiger partial charge >= 0.3 is 6.54 Å². The normalized spacial score (nSPS) is 15.7. The van der Waals surface area contributed by atoms with E-state index in [4.69, 9.17) is 0 Å². The lowest BCUT2D eigenvalue weighted by Gasteiger charge is -1.90. The van der Waals surface area contributed by atoms with Gasteiger partial charge in [0.15, 0.2) is 11.5 Å². The monoisotopic (exact) mass is 139 g/mol. The molecule has 0 unspecified atom stereocenters. The van der Waals surface area contributed by atoms with Crippen molar-refractivity contribution in [3.05, 3.63) is 30.8 Å². The highest BCUT2D eigenvalue weighted by molar-refractivity contribution is 5.42. The van der Waals surface area contributed by atoms with Crippen LogP contribution in [0.2, 0.25) is 0 Å². The molecule has 1 aliphatic heterocycles. The van der Waals surface area contributed by atoms with Crippen molar-refractivity contribution in [1.29, 1.82) is 0 Å². The van der Waals surface area contributed by atoms with E-state index in [-0.39, 0.29) is 0 Å². The van der Waals surface area contributed by atoms with Crippen molar-refractivity contribution in [2.75, 3.05) is 0 Å². The number of hydrogen-bond acceptors (Lipinski definition) is 2. The van der Waals surface area contributed by atoms with Crippen LogP contribution < -0.4 is 9.47 Å². The summed E-state index contributed by atoms with van der Waals surface area (Å²) in [5, 5.41) is 0. The average molecular weight is 139 g/mol. The summed E-state index contributed by atoms with van der Waals surface area (Å²) in [6, 6.07) is 6.78. The maximum Gasteiger partial charge on any atom is 0.527 e. The number of hydrogen-bond donors (Lipinski definition) is 0. The summed E-state index contributed by atoms with van der Waals surface area (Å²) >= 11 is 0. The lowest BCUT2D eigenvalue weighted by Crippen LogP contribution is -1.97. The van der Waals surface area contributed by atoms with E-state index >= 15 is 0 Å². The molecule has 10 heavy (non-hydrogen) atoms. The van der Waals surface area contributed by atoms with E-state index in [1.54, 1.807) is 24.3 Å². The maximum atomic E-state index is 12.2. The molecule has 2 nitrogen and oxygen atoms in total. The smallest absolute Gasteiger partial charge is 0.414 e. The molecule has 0 bridgehead atoms. The van der Waals surface area contributed by atoms with Gasteiger partial charge in [-0.15, -0.1) is 4.39 Å². The summed E-state index contributed by atoms with van der Waals surface area (Å²) in [4.78, 5) is 0. The first kappa shape index (κ1) is 5.53. The van der Waals surface area contributed by atoms with Crippen LogP contribution in [-0.2, 0) is 0 Å². The topological polar surface area (TPSA) is 18.5 Å². The number of fused-ring (bicyclic) bond motifs is 1. The number of rotatable bonds is 0. The highest BCUT2D eigenvalue weighted by Gasteiger charge is 2.25. The van der Waals surface area contributed by atoms with Gasteiger partial charge in [-0.25, -0.2) is 0 Å². The van der Waals surface area contributed by atoms with E-state index in [1.807, 2.05) is 0 Å². The molecule has 0 aliphatic carbocycles. The van der Waals surface area contributed by atoms with Crippen molar-refractivity contribution in [3.63, 3.8) is 0 Å². The summed E-state index contributed by atoms with van der Waals surface area (Å²) in [6.07, 6.45) is 0. The lowest BCUT2D eigenvalue weighted by atomic mass is 10.3. The van der Waals surface area contributed by atoms with Gasteiger partial charge in [0, 0.05) is 0 Å². The maximum absolute atomic E-state index is 12.2. The fraction of sp³-hybridized carbons (Fsp3) is 0. The Morgan fingerprint density at radius 3 is 2.00 bits per heavy atom. The first-order valence-electron chi connectivity index (χ1n) is 2.83. The highest BCUT2D eigenvalue weighted by atomic mass is 19.2. The van der Waals surface area contributed by atoms with Gasteiger partial charge in [0.1, 0.15) is 0 Å². The van der Waals surface area contributed by atoms with E-state index in [1.165, 1.54) is 0 Å². The Balaban J connectivity index is 2.42. The molecule has 51 valence electrons. The molecule has 1 aromatic carbocycles. The van der Waals surface area contributed by atoms with E-state index in [0.29, 0.717) is 11.5 Å². The minimum absolute atomic E-state index is 0.431. The van der Waals surface area contributed by atoms with Crippen molar-refractivity contribution >= 4 is 0 Å². The average Bonchev–Trinajstić information content (AvgIpc) is 2.27. The molecule has 2 rings (SSSR count). The fourth-order valence-electron chi connectivity index (χ4n) is 0.813. The van der Waals surface area contributed by atoms with Crippen LogP contribution in [0, 0.1) is 6.54 Å². The van der Waals surface area contributed by atoms with Crippen LogP contribution in [0.1, 0.15) is 0 Å². The van der Waals surface area contributed by atoms with Gasteiger partial charge in [-0.1, -0.05) is 12.1 Å².